The van der Waals surface area contributed by atoms with Crippen LogP contribution in [0.25, 0.3) is 11.1 Å². The summed E-state index contributed by atoms with van der Waals surface area (Å²) >= 11 is 1.57. The van der Waals surface area contributed by atoms with Gasteiger partial charge in [0, 0.05) is 35.4 Å². The van der Waals surface area contributed by atoms with Gasteiger partial charge < -0.3 is 15.2 Å². The SMILES string of the molecule is NC1=NC2(CS1)c1cc(-c3cncc(F)c3)ccc1OC1CCOCC12. The molecule has 1 aromatic heterocycles. The molecule has 0 bridgehead atoms. The summed E-state index contributed by atoms with van der Waals surface area (Å²) in [7, 11) is 0. The van der Waals surface area contributed by atoms with Crippen molar-refractivity contribution in [1.29, 1.82) is 0 Å². The number of pyridine rings is 1. The molecule has 0 saturated carbocycles. The second-order valence-electron chi connectivity index (χ2n) is 6.89. The van der Waals surface area contributed by atoms with E-state index >= 15 is 0 Å². The topological polar surface area (TPSA) is 69.7 Å². The average Bonchev–Trinajstić information content (AvgIpc) is 3.04. The third-order valence-corrected chi connectivity index (χ3v) is 6.39. The summed E-state index contributed by atoms with van der Waals surface area (Å²) in [6.45, 7) is 1.30. The van der Waals surface area contributed by atoms with Crippen molar-refractivity contribution < 1.29 is 13.9 Å². The number of fused-ring (bicyclic) bond motifs is 4. The first-order valence-corrected chi connectivity index (χ1v) is 9.62. The van der Waals surface area contributed by atoms with Gasteiger partial charge in [0.25, 0.3) is 0 Å². The van der Waals surface area contributed by atoms with E-state index in [0.717, 1.165) is 34.6 Å². The van der Waals surface area contributed by atoms with Crippen molar-refractivity contribution in [2.75, 3.05) is 19.0 Å². The lowest BCUT2D eigenvalue weighted by molar-refractivity contribution is -0.0628. The minimum absolute atomic E-state index is 0.0770. The Morgan fingerprint density at radius 1 is 1.23 bits per heavy atom. The molecule has 2 N–H and O–H groups in total. The molecule has 1 fully saturated rings. The zero-order valence-electron chi connectivity index (χ0n) is 14.0. The van der Waals surface area contributed by atoms with Crippen LogP contribution in [0.5, 0.6) is 5.75 Å². The Morgan fingerprint density at radius 2 is 2.15 bits per heavy atom. The van der Waals surface area contributed by atoms with Crippen molar-refractivity contribution >= 4 is 16.9 Å². The fraction of sp³-hybridized carbons (Fsp3) is 0.368. The molecule has 1 saturated heterocycles. The molecule has 5 nitrogen and oxygen atoms in total. The molecule has 0 amide bonds. The number of nitrogens with two attached hydrogens (primary N) is 1. The molecule has 4 heterocycles. The maximum absolute atomic E-state index is 13.6. The van der Waals surface area contributed by atoms with Gasteiger partial charge in [0.15, 0.2) is 5.17 Å². The number of benzene rings is 1. The fourth-order valence-corrected chi connectivity index (χ4v) is 5.19. The highest BCUT2D eigenvalue weighted by Crippen LogP contribution is 2.52. The van der Waals surface area contributed by atoms with Crippen LogP contribution in [-0.2, 0) is 10.3 Å². The predicted molar refractivity (Wildman–Crippen MR) is 98.7 cm³/mol. The Balaban J connectivity index is 1.67. The van der Waals surface area contributed by atoms with Crippen molar-refractivity contribution in [2.24, 2.45) is 16.6 Å². The summed E-state index contributed by atoms with van der Waals surface area (Å²) in [5.41, 5.74) is 8.22. The monoisotopic (exact) mass is 371 g/mol. The first-order valence-electron chi connectivity index (χ1n) is 8.64. The summed E-state index contributed by atoms with van der Waals surface area (Å²) in [4.78, 5) is 8.83. The largest absolute Gasteiger partial charge is 0.489 e. The first kappa shape index (κ1) is 16.1. The summed E-state index contributed by atoms with van der Waals surface area (Å²) in [6.07, 6.45) is 3.79. The van der Waals surface area contributed by atoms with Gasteiger partial charge in [-0.1, -0.05) is 17.8 Å². The molecule has 26 heavy (non-hydrogen) atoms. The summed E-state index contributed by atoms with van der Waals surface area (Å²) in [5, 5.41) is 0.597. The van der Waals surface area contributed by atoms with Gasteiger partial charge in [0.1, 0.15) is 23.2 Å². The number of aliphatic imine (C=N–C) groups is 1. The fourth-order valence-electron chi connectivity index (χ4n) is 4.16. The van der Waals surface area contributed by atoms with E-state index in [2.05, 4.69) is 4.98 Å². The van der Waals surface area contributed by atoms with Crippen LogP contribution in [-0.4, -0.2) is 35.2 Å². The molecule has 1 spiro atoms. The van der Waals surface area contributed by atoms with E-state index < -0.39 is 5.54 Å². The second kappa shape index (κ2) is 5.96. The summed E-state index contributed by atoms with van der Waals surface area (Å²) < 4.78 is 25.6. The highest BCUT2D eigenvalue weighted by atomic mass is 32.2. The van der Waals surface area contributed by atoms with Crippen molar-refractivity contribution in [3.05, 3.63) is 48.0 Å². The second-order valence-corrected chi connectivity index (χ2v) is 7.89. The lowest BCUT2D eigenvalue weighted by atomic mass is 9.73. The molecule has 2 aromatic rings. The van der Waals surface area contributed by atoms with E-state index in [9.17, 15) is 4.39 Å². The van der Waals surface area contributed by atoms with Gasteiger partial charge in [0.2, 0.25) is 0 Å². The Hall–Kier alpha value is -2.12. The number of halogens is 1. The van der Waals surface area contributed by atoms with Crippen LogP contribution in [0.2, 0.25) is 0 Å². The summed E-state index contributed by atoms with van der Waals surface area (Å²) in [5.74, 6) is 1.37. The molecule has 5 rings (SSSR count). The number of thioether (sulfide) groups is 1. The van der Waals surface area contributed by atoms with Gasteiger partial charge in [-0.25, -0.2) is 9.38 Å². The average molecular weight is 371 g/mol. The zero-order valence-corrected chi connectivity index (χ0v) is 14.8. The highest BCUT2D eigenvalue weighted by Gasteiger charge is 2.53. The third-order valence-electron chi connectivity index (χ3n) is 5.42. The van der Waals surface area contributed by atoms with Gasteiger partial charge in [-0.05, 0) is 23.8 Å². The van der Waals surface area contributed by atoms with Crippen LogP contribution >= 0.6 is 11.8 Å². The van der Waals surface area contributed by atoms with Gasteiger partial charge in [-0.2, -0.15) is 0 Å². The van der Waals surface area contributed by atoms with Crippen molar-refractivity contribution in [3.8, 4) is 16.9 Å². The van der Waals surface area contributed by atoms with Gasteiger partial charge in [-0.3, -0.25) is 4.98 Å². The lowest BCUT2D eigenvalue weighted by Crippen LogP contribution is -2.52. The minimum atomic E-state index is -0.454. The normalized spacial score (nSPS) is 29.7. The Morgan fingerprint density at radius 3 is 2.96 bits per heavy atom. The van der Waals surface area contributed by atoms with E-state index in [0.29, 0.717) is 18.4 Å². The molecule has 1 aromatic carbocycles. The third kappa shape index (κ3) is 2.41. The first-order chi connectivity index (χ1) is 12.7. The van der Waals surface area contributed by atoms with Crippen LogP contribution in [0.1, 0.15) is 12.0 Å². The van der Waals surface area contributed by atoms with Crippen LogP contribution in [0.15, 0.2) is 41.7 Å². The molecular weight excluding hydrogens is 353 g/mol. The Bertz CT molecular complexity index is 906. The number of nitrogens with zero attached hydrogens (tertiary/aromatic N) is 2. The molecule has 0 radical (unpaired) electrons. The van der Waals surface area contributed by atoms with Crippen LogP contribution in [0.3, 0.4) is 0 Å². The van der Waals surface area contributed by atoms with Gasteiger partial charge >= 0.3 is 0 Å². The maximum Gasteiger partial charge on any atom is 0.154 e. The molecule has 3 atom stereocenters. The quantitative estimate of drug-likeness (QED) is 0.835. The maximum atomic E-state index is 13.6. The Labute approximate surface area is 154 Å². The molecule has 3 unspecified atom stereocenters. The van der Waals surface area contributed by atoms with Crippen molar-refractivity contribution in [2.45, 2.75) is 18.1 Å². The molecule has 3 aliphatic rings. The number of hydrogen-bond acceptors (Lipinski definition) is 6. The number of aromatic nitrogens is 1. The standard InChI is InChI=1S/C19H18FN3O2S/c20-13-5-12(7-22-8-13)11-1-2-16-14(6-11)19(10-26-18(21)23-19)15-9-24-4-3-17(15)25-16/h1-2,5-8,15,17H,3-4,9-10H2,(H2,21,23). The van der Waals surface area contributed by atoms with Crippen molar-refractivity contribution in [3.63, 3.8) is 0 Å². The van der Waals surface area contributed by atoms with E-state index in [1.165, 1.54) is 12.3 Å². The number of ether oxygens (including phenoxy) is 2. The van der Waals surface area contributed by atoms with Crippen molar-refractivity contribution in [1.82, 2.24) is 4.98 Å². The molecular formula is C19H18FN3O2S. The smallest absolute Gasteiger partial charge is 0.154 e. The van der Waals surface area contributed by atoms with Crippen LogP contribution < -0.4 is 10.5 Å². The van der Waals surface area contributed by atoms with E-state index in [1.807, 2.05) is 18.2 Å². The number of rotatable bonds is 1. The molecule has 7 heteroatoms. The van der Waals surface area contributed by atoms with Gasteiger partial charge in [-0.15, -0.1) is 0 Å². The molecule has 0 aliphatic carbocycles. The van der Waals surface area contributed by atoms with Crippen LogP contribution in [0.4, 0.5) is 4.39 Å². The number of amidine groups is 1. The van der Waals surface area contributed by atoms with E-state index in [1.54, 1.807) is 18.0 Å². The molecule has 134 valence electrons. The van der Waals surface area contributed by atoms with Crippen LogP contribution in [0, 0.1) is 11.7 Å². The van der Waals surface area contributed by atoms with E-state index in [-0.39, 0.29) is 17.8 Å². The Kier molecular flexibility index (Phi) is 3.68. The highest BCUT2D eigenvalue weighted by molar-refractivity contribution is 8.14. The van der Waals surface area contributed by atoms with E-state index in [4.69, 9.17) is 20.2 Å². The lowest BCUT2D eigenvalue weighted by Gasteiger charge is -2.46. The number of hydrogen-bond donors (Lipinski definition) is 1. The predicted octanol–water partition coefficient (Wildman–Crippen LogP) is 2.94. The zero-order chi connectivity index (χ0) is 17.7. The van der Waals surface area contributed by atoms with Gasteiger partial charge in [0.05, 0.1) is 19.4 Å². The minimum Gasteiger partial charge on any atom is -0.489 e. The molecule has 3 aliphatic heterocycles. The summed E-state index contributed by atoms with van der Waals surface area (Å²) in [6, 6.07) is 7.42.